The van der Waals surface area contributed by atoms with E-state index in [4.69, 9.17) is 4.98 Å². The summed E-state index contributed by atoms with van der Waals surface area (Å²) in [5.41, 5.74) is 2.63. The third kappa shape index (κ3) is 5.55. The van der Waals surface area contributed by atoms with Gasteiger partial charge in [-0.25, -0.2) is 9.97 Å². The summed E-state index contributed by atoms with van der Waals surface area (Å²) in [5.74, 6) is 1.99. The molecule has 2 aromatic rings. The van der Waals surface area contributed by atoms with Crippen LogP contribution < -0.4 is 20.4 Å². The van der Waals surface area contributed by atoms with Crippen LogP contribution in [0.3, 0.4) is 0 Å². The van der Waals surface area contributed by atoms with Gasteiger partial charge in [-0.15, -0.1) is 0 Å². The van der Waals surface area contributed by atoms with E-state index in [-0.39, 0.29) is 11.7 Å². The van der Waals surface area contributed by atoms with E-state index in [2.05, 4.69) is 46.7 Å². The second kappa shape index (κ2) is 10.2. The number of anilines is 3. The van der Waals surface area contributed by atoms with Gasteiger partial charge >= 0.3 is 6.18 Å². The molecule has 0 amide bonds. The number of nitrogens with zero attached hydrogens (tertiary/aromatic N) is 4. The maximum absolute atomic E-state index is 13.0. The number of pyridine rings is 2. The Bertz CT molecular complexity index is 1070. The first-order chi connectivity index (χ1) is 16.7. The molecule has 6 nitrogen and oxygen atoms in total. The highest BCUT2D eigenvalue weighted by Gasteiger charge is 2.39. The Morgan fingerprint density at radius 1 is 1.20 bits per heavy atom. The Hall–Kier alpha value is -3.23. The summed E-state index contributed by atoms with van der Waals surface area (Å²) in [7, 11) is 0. The van der Waals surface area contributed by atoms with Crippen LogP contribution in [0.15, 0.2) is 49.4 Å². The van der Waals surface area contributed by atoms with Crippen LogP contribution in [0, 0.1) is 0 Å². The number of unbranched alkanes of at least 4 members (excludes halogenated alkanes) is 2. The van der Waals surface area contributed by atoms with E-state index >= 15 is 0 Å². The van der Waals surface area contributed by atoms with Crippen molar-refractivity contribution < 1.29 is 13.2 Å². The highest BCUT2D eigenvalue weighted by Crippen LogP contribution is 2.41. The van der Waals surface area contributed by atoms with Gasteiger partial charge in [0.2, 0.25) is 0 Å². The zero-order valence-corrected chi connectivity index (χ0v) is 20.3. The smallest absolute Gasteiger partial charge is 0.373 e. The summed E-state index contributed by atoms with van der Waals surface area (Å²) in [4.78, 5) is 13.6. The highest BCUT2D eigenvalue weighted by molar-refractivity contribution is 5.77. The first-order valence-electron chi connectivity index (χ1n) is 12.2. The first kappa shape index (κ1) is 24.9. The predicted molar refractivity (Wildman–Crippen MR) is 135 cm³/mol. The van der Waals surface area contributed by atoms with E-state index in [1.54, 1.807) is 6.07 Å². The molecule has 2 bridgehead atoms. The van der Waals surface area contributed by atoms with E-state index in [0.717, 1.165) is 45.0 Å². The second-order valence-electron chi connectivity index (χ2n) is 9.26. The average Bonchev–Trinajstić information content (AvgIpc) is 3.23. The largest absolute Gasteiger partial charge is 0.408 e. The summed E-state index contributed by atoms with van der Waals surface area (Å²) in [5, 5.41) is 5.73. The van der Waals surface area contributed by atoms with Crippen LogP contribution in [0.25, 0.3) is 5.70 Å². The lowest BCUT2D eigenvalue weighted by molar-refractivity contribution is -0.148. The third-order valence-corrected chi connectivity index (χ3v) is 6.60. The van der Waals surface area contributed by atoms with Gasteiger partial charge in [-0.3, -0.25) is 0 Å². The lowest BCUT2D eigenvalue weighted by Gasteiger charge is -2.38. The minimum Gasteiger partial charge on any atom is -0.373 e. The van der Waals surface area contributed by atoms with Crippen molar-refractivity contribution in [2.24, 2.45) is 0 Å². The molecule has 1 saturated heterocycles. The molecule has 188 valence electrons. The number of aryl methyl sites for hydroxylation is 1. The summed E-state index contributed by atoms with van der Waals surface area (Å²) >= 11 is 0. The fourth-order valence-electron chi connectivity index (χ4n) is 4.58. The van der Waals surface area contributed by atoms with Gasteiger partial charge in [0.1, 0.15) is 17.7 Å². The van der Waals surface area contributed by atoms with Crippen LogP contribution in [0.2, 0.25) is 0 Å². The van der Waals surface area contributed by atoms with Crippen LogP contribution in [0.5, 0.6) is 0 Å². The maximum atomic E-state index is 13.0. The fourth-order valence-corrected chi connectivity index (χ4v) is 4.58. The van der Waals surface area contributed by atoms with Crippen molar-refractivity contribution in [3.05, 3.63) is 60.7 Å². The molecule has 35 heavy (non-hydrogen) atoms. The van der Waals surface area contributed by atoms with Crippen molar-refractivity contribution >= 4 is 23.0 Å². The first-order valence-corrected chi connectivity index (χ1v) is 12.2. The molecule has 2 aliphatic rings. The number of fused-ring (bicyclic) bond motifs is 4. The highest BCUT2D eigenvalue weighted by atomic mass is 19.4. The van der Waals surface area contributed by atoms with Crippen molar-refractivity contribution in [3.8, 4) is 0 Å². The Morgan fingerprint density at radius 2 is 2.00 bits per heavy atom. The number of hydrogen-bond acceptors (Lipinski definition) is 6. The SMILES string of the molecule is C=C(N[C@H](C)C(F)(F)F)c1ccc2c(n1)N(C(=C)Nc1ccc(CCCCC)cn1)[C@H]1CCN2C1. The third-order valence-electron chi connectivity index (χ3n) is 6.60. The lowest BCUT2D eigenvalue weighted by Crippen LogP contribution is -2.44. The Labute approximate surface area is 204 Å². The Balaban J connectivity index is 1.52. The molecule has 2 N–H and O–H groups in total. The summed E-state index contributed by atoms with van der Waals surface area (Å²) < 4.78 is 39.1. The molecule has 0 aromatic carbocycles. The zero-order chi connectivity index (χ0) is 25.2. The number of rotatable bonds is 10. The molecule has 9 heteroatoms. The van der Waals surface area contributed by atoms with Crippen molar-refractivity contribution in [3.63, 3.8) is 0 Å². The quantitative estimate of drug-likeness (QED) is 0.420. The number of hydrogen-bond donors (Lipinski definition) is 2. The van der Waals surface area contributed by atoms with E-state index < -0.39 is 12.2 Å². The molecule has 4 rings (SSSR count). The summed E-state index contributed by atoms with van der Waals surface area (Å²) in [6.45, 7) is 13.0. The molecule has 0 unspecified atom stereocenters. The fraction of sp³-hybridized carbons (Fsp3) is 0.462. The van der Waals surface area contributed by atoms with Crippen LogP contribution in [0.1, 0.15) is 50.8 Å². The van der Waals surface area contributed by atoms with Gasteiger partial charge in [0, 0.05) is 19.3 Å². The molecule has 4 heterocycles. The number of nitrogens with one attached hydrogen (secondary N) is 2. The minimum atomic E-state index is -4.37. The van der Waals surface area contributed by atoms with Gasteiger partial charge in [-0.2, -0.15) is 13.2 Å². The number of aromatic nitrogens is 2. The van der Waals surface area contributed by atoms with Gasteiger partial charge in [-0.1, -0.05) is 39.0 Å². The van der Waals surface area contributed by atoms with E-state index in [0.29, 0.717) is 23.2 Å². The molecule has 1 fully saturated rings. The molecule has 0 aliphatic carbocycles. The standard InChI is InChI=1S/C26H33F3N6/c1-5-6-7-8-20-9-12-24(30-15-20)32-19(4)35-21-13-14-34(16-21)23-11-10-22(33-25(23)35)17(2)31-18(3)26(27,28)29/h9-12,15,18,21,31H,2,4-8,13-14,16H2,1,3H3,(H,30,32)/t18-,21+/m1/s1. The van der Waals surface area contributed by atoms with Gasteiger partial charge in [0.15, 0.2) is 5.82 Å². The van der Waals surface area contributed by atoms with E-state index in [9.17, 15) is 13.2 Å². The predicted octanol–water partition coefficient (Wildman–Crippen LogP) is 5.70. The molecule has 0 saturated carbocycles. The van der Waals surface area contributed by atoms with Gasteiger partial charge in [-0.05, 0) is 49.9 Å². The summed E-state index contributed by atoms with van der Waals surface area (Å²) in [6, 6.07) is 6.07. The molecule has 2 atom stereocenters. The van der Waals surface area contributed by atoms with Crippen molar-refractivity contribution in [2.75, 3.05) is 28.2 Å². The normalized spacial score (nSPS) is 17.7. The van der Waals surface area contributed by atoms with E-state index in [1.807, 2.05) is 23.2 Å². The number of alkyl halides is 3. The average molecular weight is 487 g/mol. The number of halogens is 3. The summed E-state index contributed by atoms with van der Waals surface area (Å²) in [6.07, 6.45) is 3.00. The Kier molecular flexibility index (Phi) is 7.23. The van der Waals surface area contributed by atoms with Gasteiger partial charge in [0.25, 0.3) is 0 Å². The molecule has 0 radical (unpaired) electrons. The maximum Gasteiger partial charge on any atom is 0.408 e. The van der Waals surface area contributed by atoms with Crippen LogP contribution in [-0.2, 0) is 6.42 Å². The van der Waals surface area contributed by atoms with Crippen molar-refractivity contribution in [2.45, 2.75) is 64.2 Å². The zero-order valence-electron chi connectivity index (χ0n) is 20.3. The monoisotopic (exact) mass is 486 g/mol. The molecular formula is C26H33F3N6. The van der Waals surface area contributed by atoms with Gasteiger partial charge < -0.3 is 20.4 Å². The van der Waals surface area contributed by atoms with Crippen LogP contribution in [0.4, 0.5) is 30.5 Å². The van der Waals surface area contributed by atoms with Gasteiger partial charge in [0.05, 0.1) is 23.1 Å². The van der Waals surface area contributed by atoms with Crippen LogP contribution in [-0.4, -0.2) is 41.3 Å². The second-order valence-corrected chi connectivity index (χ2v) is 9.26. The topological polar surface area (TPSA) is 56.3 Å². The lowest BCUT2D eigenvalue weighted by atomic mass is 10.1. The van der Waals surface area contributed by atoms with E-state index in [1.165, 1.54) is 18.4 Å². The molecule has 0 spiro atoms. The molecule has 2 aliphatic heterocycles. The van der Waals surface area contributed by atoms with Crippen molar-refractivity contribution in [1.82, 2.24) is 15.3 Å². The Morgan fingerprint density at radius 3 is 2.69 bits per heavy atom. The molecule has 2 aromatic heterocycles. The minimum absolute atomic E-state index is 0.129. The molecular weight excluding hydrogens is 453 g/mol. The van der Waals surface area contributed by atoms with Crippen LogP contribution >= 0.6 is 0 Å². The van der Waals surface area contributed by atoms with Crippen molar-refractivity contribution in [1.29, 1.82) is 0 Å².